The lowest BCUT2D eigenvalue weighted by molar-refractivity contribution is -0.123. The lowest BCUT2D eigenvalue weighted by Crippen LogP contribution is -2.31. The molecular formula is C89H131O8S7+7. The van der Waals surface area contributed by atoms with E-state index in [0.29, 0.717) is 78.2 Å². The Morgan fingerprint density at radius 2 is 0.577 bits per heavy atom. The first-order valence-corrected chi connectivity index (χ1v) is 50.8. The summed E-state index contributed by atoms with van der Waals surface area (Å²) in [5.74, 6) is 21.9. The van der Waals surface area contributed by atoms with Crippen LogP contribution in [-0.2, 0) is 85.8 Å². The number of carbonyl (C=O) groups is 7. The number of hydrogen-bond acceptors (Lipinski definition) is 8. The summed E-state index contributed by atoms with van der Waals surface area (Å²) in [6, 6.07) is 57.7. The molecule has 0 amide bonds. The summed E-state index contributed by atoms with van der Waals surface area (Å²) >= 11 is 0. The van der Waals surface area contributed by atoms with Gasteiger partial charge in [0.2, 0.25) is 34.7 Å². The fourth-order valence-electron chi connectivity index (χ4n) is 10.7. The van der Waals surface area contributed by atoms with E-state index in [4.69, 9.17) is 4.74 Å². The number of ether oxygens (including phenoxy) is 1. The van der Waals surface area contributed by atoms with Crippen molar-refractivity contribution in [2.24, 2.45) is 5.41 Å². The van der Waals surface area contributed by atoms with Gasteiger partial charge in [0.15, 0.2) is 46.1 Å². The monoisotopic (exact) mass is 1550 g/mol. The summed E-state index contributed by atoms with van der Waals surface area (Å²) in [5, 5.41) is 0. The van der Waals surface area contributed by atoms with Crippen LogP contribution in [0.2, 0.25) is 0 Å². The highest BCUT2D eigenvalue weighted by Crippen LogP contribution is 2.20. The van der Waals surface area contributed by atoms with Gasteiger partial charge in [-0.2, -0.15) is 0 Å². The molecule has 15 heteroatoms. The minimum Gasteiger partial charge on any atom is -0.372 e. The molecule has 8 nitrogen and oxygen atoms in total. The third kappa shape index (κ3) is 43.4. The van der Waals surface area contributed by atoms with Gasteiger partial charge >= 0.3 is 0 Å². The highest BCUT2D eigenvalue weighted by Gasteiger charge is 2.31. The van der Waals surface area contributed by atoms with Gasteiger partial charge in [0, 0.05) is 49.7 Å². The molecule has 0 aromatic heterocycles. The Morgan fingerprint density at radius 3 is 0.846 bits per heavy atom. The second-order valence-electron chi connectivity index (χ2n) is 27.5. The van der Waals surface area contributed by atoms with Crippen molar-refractivity contribution in [3.63, 3.8) is 0 Å². The number of hydrogen-bond donors (Lipinski definition) is 0. The molecule has 570 valence electrons. The number of carbonyl (C=O) groups excluding carboxylic acids is 7. The Morgan fingerprint density at radius 1 is 0.327 bits per heavy atom. The van der Waals surface area contributed by atoms with Gasteiger partial charge in [-0.15, -0.1) is 0 Å². The van der Waals surface area contributed by atoms with Crippen molar-refractivity contribution in [1.29, 1.82) is 0 Å². The van der Waals surface area contributed by atoms with E-state index in [-0.39, 0.29) is 55.4 Å². The van der Waals surface area contributed by atoms with Crippen molar-refractivity contribution >= 4 is 117 Å². The van der Waals surface area contributed by atoms with Crippen molar-refractivity contribution in [1.82, 2.24) is 0 Å². The molecular weight excluding hydrogens is 1420 g/mol. The minimum atomic E-state index is -0.149. The van der Waals surface area contributed by atoms with Crippen molar-refractivity contribution in [2.45, 2.75) is 146 Å². The first-order chi connectivity index (χ1) is 50.2. The van der Waals surface area contributed by atoms with E-state index in [0.717, 1.165) is 98.4 Å². The van der Waals surface area contributed by atoms with Crippen LogP contribution in [0.4, 0.5) is 0 Å². The molecule has 3 heterocycles. The first-order valence-electron chi connectivity index (χ1n) is 38.2. The van der Waals surface area contributed by atoms with Gasteiger partial charge in [-0.1, -0.05) is 256 Å². The maximum absolute atomic E-state index is 12.2. The van der Waals surface area contributed by atoms with Crippen LogP contribution in [0.25, 0.3) is 0 Å². The number of rotatable bonds is 34. The molecule has 0 N–H and O–H groups in total. The molecule has 0 spiro atoms. The molecule has 0 unspecified atom stereocenters. The second-order valence-corrected chi connectivity index (χ2v) is 44.1. The van der Waals surface area contributed by atoms with Gasteiger partial charge in [-0.05, 0) is 137 Å². The Hall–Kier alpha value is -4.58. The van der Waals surface area contributed by atoms with E-state index >= 15 is 0 Å². The molecule has 3 saturated heterocycles. The number of ketones is 7. The van der Waals surface area contributed by atoms with Crippen LogP contribution < -0.4 is 0 Å². The van der Waals surface area contributed by atoms with Crippen molar-refractivity contribution in [3.8, 4) is 0 Å². The summed E-state index contributed by atoms with van der Waals surface area (Å²) in [5.41, 5.74) is 5.02. The SMILES string of the molecule is CCCC[S+](CCCC)CC(=O)C(C)(C)C.CCCC[S+](CCCC)CC(=O)c1ccccc1.CC[S+](CC)CC(=O)c1ccccc1.C[S+](C)CC(=O)c1ccccc1.O=C(C[S+]1CCCC1)c1ccccc1.O=C(C[S+]1CCCCC1)c1ccccc1.O=C(C[S+]1CCOCC1)c1ccccc1. The minimum absolute atomic E-state index is 0.149. The molecule has 0 aliphatic carbocycles. The molecule has 6 aromatic carbocycles. The maximum atomic E-state index is 12.2. The third-order valence-corrected chi connectivity index (χ3v) is 32.2. The predicted molar refractivity (Wildman–Crippen MR) is 470 cm³/mol. The summed E-state index contributed by atoms with van der Waals surface area (Å²) in [6.45, 7) is 21.0. The maximum Gasteiger partial charge on any atom is 0.211 e. The highest BCUT2D eigenvalue weighted by molar-refractivity contribution is 7.99. The largest absolute Gasteiger partial charge is 0.372 e. The molecule has 3 aliphatic heterocycles. The average Bonchev–Trinajstić information content (AvgIpc) is 1.18. The van der Waals surface area contributed by atoms with E-state index in [2.05, 4.69) is 54.1 Å². The van der Waals surface area contributed by atoms with Gasteiger partial charge in [0.25, 0.3) is 0 Å². The second kappa shape index (κ2) is 58.4. The van der Waals surface area contributed by atoms with Crippen LogP contribution in [0.3, 0.4) is 0 Å². The normalized spacial score (nSPS) is 13.7. The smallest absolute Gasteiger partial charge is 0.211 e. The van der Waals surface area contributed by atoms with Crippen LogP contribution in [0, 0.1) is 5.41 Å². The molecule has 6 aromatic rings. The summed E-state index contributed by atoms with van der Waals surface area (Å²) in [4.78, 5) is 83.0. The highest BCUT2D eigenvalue weighted by atomic mass is 32.2. The molecule has 0 radical (unpaired) electrons. The summed E-state index contributed by atoms with van der Waals surface area (Å²) in [6.07, 6.45) is 20.9. The Bertz CT molecular complexity index is 3070. The molecule has 3 aliphatic rings. The van der Waals surface area contributed by atoms with E-state index in [1.54, 1.807) is 0 Å². The summed E-state index contributed by atoms with van der Waals surface area (Å²) < 4.78 is 5.28. The Kier molecular flexibility index (Phi) is 52.6. The quantitative estimate of drug-likeness (QED) is 0.0289. The molecule has 104 heavy (non-hydrogen) atoms. The van der Waals surface area contributed by atoms with Gasteiger partial charge in [0.05, 0.1) is 25.7 Å². The van der Waals surface area contributed by atoms with E-state index in [1.807, 2.05) is 203 Å². The zero-order valence-corrected chi connectivity index (χ0v) is 71.2. The van der Waals surface area contributed by atoms with Crippen molar-refractivity contribution in [3.05, 3.63) is 215 Å². The average molecular weight is 1550 g/mol. The van der Waals surface area contributed by atoms with Gasteiger partial charge in [0.1, 0.15) is 69.0 Å². The Labute approximate surface area is 651 Å². The van der Waals surface area contributed by atoms with Crippen LogP contribution in [-0.4, -0.2) is 176 Å². The molecule has 3 fully saturated rings. The van der Waals surface area contributed by atoms with E-state index in [9.17, 15) is 33.6 Å². The number of benzene rings is 6. The number of unbranched alkanes of at least 4 members (excludes halogenated alkanes) is 4. The lowest BCUT2D eigenvalue weighted by atomic mass is 9.92. The van der Waals surface area contributed by atoms with Gasteiger partial charge in [-0.3, -0.25) is 33.6 Å². The van der Waals surface area contributed by atoms with Gasteiger partial charge in [-0.25, -0.2) is 0 Å². The number of Topliss-reactive ketones (excluding diaryl/α,β-unsaturated/α-hetero) is 7. The third-order valence-electron chi connectivity index (χ3n) is 17.3. The molecule has 0 bridgehead atoms. The zero-order chi connectivity index (χ0) is 76.0. The fourth-order valence-corrected chi connectivity index (χ4v) is 24.1. The van der Waals surface area contributed by atoms with Crippen LogP contribution >= 0.6 is 0 Å². The lowest BCUT2D eigenvalue weighted by Gasteiger charge is -2.17. The zero-order valence-electron chi connectivity index (χ0n) is 65.5. The molecule has 9 rings (SSSR count). The van der Waals surface area contributed by atoms with Crippen LogP contribution in [0.5, 0.6) is 0 Å². The van der Waals surface area contributed by atoms with Crippen molar-refractivity contribution in [2.75, 3.05) is 135 Å². The first kappa shape index (κ1) is 93.6. The van der Waals surface area contributed by atoms with Crippen LogP contribution in [0.15, 0.2) is 182 Å². The Balaban J connectivity index is 0.000000316. The fraction of sp³-hybridized carbons (Fsp3) is 0.517. The van der Waals surface area contributed by atoms with Gasteiger partial charge < -0.3 is 4.74 Å². The summed E-state index contributed by atoms with van der Waals surface area (Å²) in [7, 11) is 2.15. The van der Waals surface area contributed by atoms with E-state index in [1.165, 1.54) is 129 Å². The molecule has 0 atom stereocenters. The predicted octanol–water partition coefficient (Wildman–Crippen LogP) is 18.7. The molecule has 0 saturated carbocycles. The van der Waals surface area contributed by atoms with E-state index < -0.39 is 0 Å². The van der Waals surface area contributed by atoms with Crippen molar-refractivity contribution < 1.29 is 38.3 Å². The van der Waals surface area contributed by atoms with Crippen LogP contribution in [0.1, 0.15) is 208 Å². The topological polar surface area (TPSA) is 129 Å². The standard InChI is InChI=1S/C16H25OS.C14H29OS.C13H17OS.C12H15O2S.C12H15OS.C12H17OS.C10H13OS/c1-3-5-12-18(13-6-4-2)14-16(17)15-10-8-7-9-11-15;1-6-8-10-16(11-9-7-2)12-13(15)14(3,4)5;14-13(12-7-3-1-4-8-12)11-15-9-5-2-6-10-15;13-12(11-4-2-1-3-5-11)10-15-8-6-14-7-9-15;13-12(10-14-8-4-5-9-14)11-6-2-1-3-7-11;1-3-14(4-2)10-12(13)11-8-6-5-7-9-11;1-12(2)8-10(11)9-6-4-3-5-7-9/h7-11H,3-6,12-14H2,1-2H3;6-12H2,1-5H3;1,3-4,7-8H,2,5-6,9-11H2;1-5H,6-10H2;1-3,6-7H,4-5,8-10H2;5-9H,3-4,10H2,1-2H3;3-7H,8H2,1-2H3/q7*+1.